The van der Waals surface area contributed by atoms with Gasteiger partial charge in [0.25, 0.3) is 5.91 Å². The fourth-order valence-corrected chi connectivity index (χ4v) is 3.46. The number of nitriles is 1. The van der Waals surface area contributed by atoms with E-state index >= 15 is 0 Å². The molecule has 0 fully saturated rings. The number of rotatable bonds is 9. The summed E-state index contributed by atoms with van der Waals surface area (Å²) >= 11 is 9.44. The number of benzene rings is 3. The predicted octanol–water partition coefficient (Wildman–Crippen LogP) is 6.63. The minimum atomic E-state index is -0.586. The lowest BCUT2D eigenvalue weighted by Gasteiger charge is -2.13. The topological polar surface area (TPSA) is 80.6 Å². The van der Waals surface area contributed by atoms with E-state index in [9.17, 15) is 10.1 Å². The largest absolute Gasteiger partial charge is 0.495 e. The Bertz CT molecular complexity index is 1240. The van der Waals surface area contributed by atoms with Gasteiger partial charge in [-0.3, -0.25) is 4.79 Å². The van der Waals surface area contributed by atoms with E-state index in [4.69, 9.17) is 25.8 Å². The number of hydrogen-bond acceptors (Lipinski definition) is 5. The van der Waals surface area contributed by atoms with E-state index in [1.807, 2.05) is 37.3 Å². The second-order valence-corrected chi connectivity index (χ2v) is 8.37. The molecule has 3 aromatic rings. The monoisotopic (exact) mass is 540 g/mol. The van der Waals surface area contributed by atoms with E-state index in [1.165, 1.54) is 13.2 Å². The van der Waals surface area contributed by atoms with Crippen molar-refractivity contribution in [1.82, 2.24) is 0 Å². The Morgan fingerprint density at radius 3 is 2.47 bits per heavy atom. The van der Waals surface area contributed by atoms with E-state index in [2.05, 4.69) is 21.2 Å². The molecule has 0 unspecified atom stereocenters. The molecule has 0 aliphatic heterocycles. The summed E-state index contributed by atoms with van der Waals surface area (Å²) in [6, 6.07) is 19.8. The van der Waals surface area contributed by atoms with Gasteiger partial charge in [0.15, 0.2) is 11.5 Å². The maximum absolute atomic E-state index is 12.7. The van der Waals surface area contributed by atoms with Gasteiger partial charge in [0.2, 0.25) is 0 Å². The van der Waals surface area contributed by atoms with E-state index < -0.39 is 5.91 Å². The number of halogens is 2. The number of carbonyl (C=O) groups is 1. The number of nitrogens with one attached hydrogen (secondary N) is 1. The van der Waals surface area contributed by atoms with Crippen LogP contribution in [0.2, 0.25) is 5.02 Å². The zero-order valence-electron chi connectivity index (χ0n) is 18.6. The minimum absolute atomic E-state index is 0.0898. The highest BCUT2D eigenvalue weighted by molar-refractivity contribution is 9.10. The summed E-state index contributed by atoms with van der Waals surface area (Å²) in [5.41, 5.74) is 1.90. The number of ether oxygens (including phenoxy) is 3. The fraction of sp³-hybridized carbons (Fsp3) is 0.154. The van der Waals surface area contributed by atoms with Gasteiger partial charge in [0.1, 0.15) is 24.0 Å². The maximum Gasteiger partial charge on any atom is 0.266 e. The number of hydrogen-bond donors (Lipinski definition) is 1. The van der Waals surface area contributed by atoms with Gasteiger partial charge in [0, 0.05) is 9.50 Å². The van der Waals surface area contributed by atoms with E-state index in [1.54, 1.807) is 36.4 Å². The van der Waals surface area contributed by atoms with Crippen molar-refractivity contribution in [3.8, 4) is 23.3 Å². The third kappa shape index (κ3) is 6.77. The van der Waals surface area contributed by atoms with Gasteiger partial charge >= 0.3 is 0 Å². The lowest BCUT2D eigenvalue weighted by atomic mass is 10.1. The Hall–Kier alpha value is -3.47. The Kier molecular flexibility index (Phi) is 8.97. The van der Waals surface area contributed by atoms with Gasteiger partial charge in [0.05, 0.1) is 19.4 Å². The first kappa shape index (κ1) is 25.2. The summed E-state index contributed by atoms with van der Waals surface area (Å²) in [6.45, 7) is 2.67. The van der Waals surface area contributed by atoms with Crippen LogP contribution in [0, 0.1) is 11.3 Å². The molecule has 0 radical (unpaired) electrons. The fourth-order valence-electron chi connectivity index (χ4n) is 3.03. The molecule has 34 heavy (non-hydrogen) atoms. The second-order valence-electron chi connectivity index (χ2n) is 7.02. The van der Waals surface area contributed by atoms with Gasteiger partial charge in [-0.1, -0.05) is 45.7 Å². The number of anilines is 1. The minimum Gasteiger partial charge on any atom is -0.495 e. The Morgan fingerprint density at radius 1 is 1.06 bits per heavy atom. The quantitative estimate of drug-likeness (QED) is 0.243. The molecule has 6 nitrogen and oxygen atoms in total. The maximum atomic E-state index is 12.7. The highest BCUT2D eigenvalue weighted by Gasteiger charge is 2.14. The molecule has 0 bridgehead atoms. The highest BCUT2D eigenvalue weighted by Crippen LogP contribution is 2.31. The van der Waals surface area contributed by atoms with Crippen LogP contribution in [0.25, 0.3) is 6.08 Å². The van der Waals surface area contributed by atoms with Gasteiger partial charge in [-0.15, -0.1) is 0 Å². The number of methoxy groups -OCH3 is 1. The number of carbonyl (C=O) groups excluding carboxylic acids is 1. The van der Waals surface area contributed by atoms with Crippen LogP contribution in [-0.4, -0.2) is 19.6 Å². The van der Waals surface area contributed by atoms with Gasteiger partial charge < -0.3 is 19.5 Å². The molecule has 1 amide bonds. The van der Waals surface area contributed by atoms with Crippen molar-refractivity contribution < 1.29 is 19.0 Å². The molecule has 1 N–H and O–H groups in total. The second kappa shape index (κ2) is 12.1. The molecule has 0 saturated heterocycles. The van der Waals surface area contributed by atoms with Crippen LogP contribution in [0.5, 0.6) is 17.2 Å². The third-order valence-corrected chi connectivity index (χ3v) is 5.42. The summed E-state index contributed by atoms with van der Waals surface area (Å²) in [4.78, 5) is 12.7. The van der Waals surface area contributed by atoms with Crippen molar-refractivity contribution in [1.29, 1.82) is 5.26 Å². The molecule has 0 aliphatic rings. The number of nitrogens with zero attached hydrogens (tertiary/aromatic N) is 1. The first-order valence-electron chi connectivity index (χ1n) is 10.3. The Morgan fingerprint density at radius 2 is 1.79 bits per heavy atom. The lowest BCUT2D eigenvalue weighted by Crippen LogP contribution is -2.14. The molecule has 0 atom stereocenters. The lowest BCUT2D eigenvalue weighted by molar-refractivity contribution is -0.112. The van der Waals surface area contributed by atoms with Crippen LogP contribution in [0.15, 0.2) is 70.7 Å². The molecule has 174 valence electrons. The third-order valence-electron chi connectivity index (χ3n) is 4.66. The van der Waals surface area contributed by atoms with Gasteiger partial charge in [-0.05, 0) is 66.6 Å². The molecular weight excluding hydrogens is 520 g/mol. The first-order chi connectivity index (χ1) is 16.4. The summed E-state index contributed by atoms with van der Waals surface area (Å²) in [5, 5.41) is 12.7. The molecule has 0 saturated carbocycles. The van der Waals surface area contributed by atoms with E-state index in [0.29, 0.717) is 46.7 Å². The number of amides is 1. The highest BCUT2D eigenvalue weighted by atomic mass is 79.9. The standard InChI is InChI=1S/C26H22BrClN2O4/c1-3-33-25-13-18(6-10-24(25)34-16-17-4-7-20(27)8-5-17)12-19(15-29)26(31)30-22-14-21(28)9-11-23(22)32-2/h4-14H,3,16H2,1-2H3,(H,30,31)/b19-12+. The average Bonchev–Trinajstić information content (AvgIpc) is 2.83. The summed E-state index contributed by atoms with van der Waals surface area (Å²) in [6.07, 6.45) is 1.48. The Labute approximate surface area is 211 Å². The smallest absolute Gasteiger partial charge is 0.266 e. The van der Waals surface area contributed by atoms with Crippen LogP contribution in [0.3, 0.4) is 0 Å². The SMILES string of the molecule is CCOc1cc(/C=C(\C#N)C(=O)Nc2cc(Cl)ccc2OC)ccc1OCc1ccc(Br)cc1. The van der Waals surface area contributed by atoms with E-state index in [0.717, 1.165) is 10.0 Å². The van der Waals surface area contributed by atoms with Crippen molar-refractivity contribution in [2.45, 2.75) is 13.5 Å². The van der Waals surface area contributed by atoms with Crippen LogP contribution in [0.4, 0.5) is 5.69 Å². The molecular formula is C26H22BrClN2O4. The van der Waals surface area contributed by atoms with Crippen molar-refractivity contribution in [2.75, 3.05) is 19.0 Å². The van der Waals surface area contributed by atoms with Crippen molar-refractivity contribution in [2.24, 2.45) is 0 Å². The average molecular weight is 542 g/mol. The first-order valence-corrected chi connectivity index (χ1v) is 11.5. The summed E-state index contributed by atoms with van der Waals surface area (Å²) < 4.78 is 17.9. The summed E-state index contributed by atoms with van der Waals surface area (Å²) in [5.74, 6) is 0.925. The summed E-state index contributed by atoms with van der Waals surface area (Å²) in [7, 11) is 1.48. The van der Waals surface area contributed by atoms with Crippen LogP contribution in [-0.2, 0) is 11.4 Å². The zero-order valence-corrected chi connectivity index (χ0v) is 20.9. The van der Waals surface area contributed by atoms with Crippen molar-refractivity contribution >= 4 is 45.2 Å². The molecule has 3 aromatic carbocycles. The van der Waals surface area contributed by atoms with Crippen LogP contribution < -0.4 is 19.5 Å². The van der Waals surface area contributed by atoms with Gasteiger partial charge in [-0.25, -0.2) is 0 Å². The molecule has 0 aliphatic carbocycles. The molecule has 3 rings (SSSR count). The Balaban J connectivity index is 1.80. The predicted molar refractivity (Wildman–Crippen MR) is 136 cm³/mol. The van der Waals surface area contributed by atoms with Crippen molar-refractivity contribution in [3.63, 3.8) is 0 Å². The van der Waals surface area contributed by atoms with Crippen LogP contribution >= 0.6 is 27.5 Å². The van der Waals surface area contributed by atoms with Crippen LogP contribution in [0.1, 0.15) is 18.1 Å². The zero-order chi connectivity index (χ0) is 24.5. The molecule has 0 heterocycles. The normalized spacial score (nSPS) is 10.9. The molecule has 0 spiro atoms. The van der Waals surface area contributed by atoms with Crippen molar-refractivity contribution in [3.05, 3.63) is 86.9 Å². The van der Waals surface area contributed by atoms with Gasteiger partial charge in [-0.2, -0.15) is 5.26 Å². The molecule has 0 aromatic heterocycles. The van der Waals surface area contributed by atoms with E-state index in [-0.39, 0.29) is 5.57 Å². The molecule has 8 heteroatoms.